The van der Waals surface area contributed by atoms with Crippen LogP contribution in [0.1, 0.15) is 22.8 Å². The normalized spacial score (nSPS) is 12.6. The van der Waals surface area contributed by atoms with Crippen LogP contribution in [0.2, 0.25) is 0 Å². The highest BCUT2D eigenvalue weighted by molar-refractivity contribution is 5.87. The van der Waals surface area contributed by atoms with E-state index in [1.165, 1.54) is 0 Å². The van der Waals surface area contributed by atoms with Gasteiger partial charge in [0.25, 0.3) is 0 Å². The molecule has 0 aliphatic carbocycles. The predicted molar refractivity (Wildman–Crippen MR) is 117 cm³/mol. The molecular weight excluding hydrogens is 360 g/mol. The largest absolute Gasteiger partial charge is 0.464 e. The van der Waals surface area contributed by atoms with Crippen LogP contribution in [0.3, 0.4) is 0 Å². The summed E-state index contributed by atoms with van der Waals surface area (Å²) in [4.78, 5) is 16.5. The molecule has 0 amide bonds. The lowest BCUT2D eigenvalue weighted by Gasteiger charge is -2.00. The summed E-state index contributed by atoms with van der Waals surface area (Å²) < 4.78 is 5.70. The summed E-state index contributed by atoms with van der Waals surface area (Å²) in [5, 5.41) is 0. The van der Waals surface area contributed by atoms with Crippen molar-refractivity contribution >= 4 is 46.4 Å². The van der Waals surface area contributed by atoms with Crippen molar-refractivity contribution in [3.63, 3.8) is 0 Å². The monoisotopic (exact) mass is 376 g/mol. The average Bonchev–Trinajstić information content (AvgIpc) is 3.51. The zero-order valence-corrected chi connectivity index (χ0v) is 15.4. The van der Waals surface area contributed by atoms with Crippen molar-refractivity contribution in [1.82, 2.24) is 19.9 Å². The Bertz CT molecular complexity index is 1360. The minimum absolute atomic E-state index is 0.749. The standard InChI is InChI=1S/C24H16N4O/c1-2-23(29-11-1)24-21-9-7-19(27-21)13-17-5-3-15(25-17)12-16-4-6-18(26-16)14-20-8-10-22(24)28-20/h1-14,25-26H. The van der Waals surface area contributed by atoms with Crippen LogP contribution in [-0.2, 0) is 0 Å². The molecule has 6 rings (SSSR count). The number of fused-ring (bicyclic) bond motifs is 8. The van der Waals surface area contributed by atoms with Gasteiger partial charge in [-0.15, -0.1) is 0 Å². The number of nitrogens with zero attached hydrogens (tertiary/aromatic N) is 2. The predicted octanol–water partition coefficient (Wildman–Crippen LogP) is 5.92. The first-order valence-corrected chi connectivity index (χ1v) is 9.41. The van der Waals surface area contributed by atoms with Crippen LogP contribution in [0.15, 0.2) is 65.3 Å². The van der Waals surface area contributed by atoms with Gasteiger partial charge < -0.3 is 14.4 Å². The second-order valence-electron chi connectivity index (χ2n) is 7.03. The van der Waals surface area contributed by atoms with Gasteiger partial charge in [-0.2, -0.15) is 0 Å². The van der Waals surface area contributed by atoms with E-state index in [0.717, 1.165) is 56.2 Å². The number of furan rings is 1. The molecule has 29 heavy (non-hydrogen) atoms. The van der Waals surface area contributed by atoms with Crippen LogP contribution < -0.4 is 0 Å². The van der Waals surface area contributed by atoms with Gasteiger partial charge in [0.15, 0.2) is 0 Å². The number of hydrogen-bond acceptors (Lipinski definition) is 3. The zero-order chi connectivity index (χ0) is 19.2. The Labute approximate surface area is 166 Å². The molecule has 2 aliphatic heterocycles. The Balaban J connectivity index is 1.73. The molecule has 0 saturated carbocycles. The topological polar surface area (TPSA) is 70.5 Å². The number of rotatable bonds is 1. The minimum atomic E-state index is 0.749. The van der Waals surface area contributed by atoms with Crippen molar-refractivity contribution in [3.05, 3.63) is 83.6 Å². The molecule has 2 N–H and O–H groups in total. The van der Waals surface area contributed by atoms with Crippen LogP contribution in [-0.4, -0.2) is 19.9 Å². The third-order valence-corrected chi connectivity index (χ3v) is 4.98. The second-order valence-corrected chi connectivity index (χ2v) is 7.03. The lowest BCUT2D eigenvalue weighted by molar-refractivity contribution is 0.581. The van der Waals surface area contributed by atoms with Gasteiger partial charge in [-0.05, 0) is 78.9 Å². The molecule has 0 saturated heterocycles. The first-order chi connectivity index (χ1) is 14.3. The molecule has 2 aliphatic rings. The van der Waals surface area contributed by atoms with E-state index < -0.39 is 0 Å². The molecule has 0 spiro atoms. The van der Waals surface area contributed by atoms with E-state index in [2.05, 4.69) is 40.3 Å². The third-order valence-electron chi connectivity index (χ3n) is 4.98. The van der Waals surface area contributed by atoms with Crippen LogP contribution in [0, 0.1) is 0 Å². The highest BCUT2D eigenvalue weighted by Gasteiger charge is 2.15. The van der Waals surface area contributed by atoms with Crippen LogP contribution >= 0.6 is 0 Å². The Kier molecular flexibility index (Phi) is 3.40. The number of aromatic amines is 2. The van der Waals surface area contributed by atoms with Gasteiger partial charge in [-0.25, -0.2) is 9.97 Å². The molecule has 0 unspecified atom stereocenters. The molecule has 138 valence electrons. The molecule has 4 aromatic rings. The summed E-state index contributed by atoms with van der Waals surface area (Å²) in [5.74, 6) is 0.749. The van der Waals surface area contributed by atoms with E-state index in [1.54, 1.807) is 6.26 Å². The summed E-state index contributed by atoms with van der Waals surface area (Å²) in [6.45, 7) is 0. The van der Waals surface area contributed by atoms with Gasteiger partial charge in [0.1, 0.15) is 5.76 Å². The molecule has 0 radical (unpaired) electrons. The highest BCUT2D eigenvalue weighted by atomic mass is 16.3. The molecule has 0 fully saturated rings. The summed E-state index contributed by atoms with van der Waals surface area (Å²) in [6, 6.07) is 18.2. The van der Waals surface area contributed by atoms with Gasteiger partial charge in [0.05, 0.1) is 34.6 Å². The maximum Gasteiger partial charge on any atom is 0.138 e. The summed E-state index contributed by atoms with van der Waals surface area (Å²) in [6.07, 6.45) is 9.70. The van der Waals surface area contributed by atoms with E-state index in [0.29, 0.717) is 0 Å². The van der Waals surface area contributed by atoms with E-state index in [4.69, 9.17) is 14.4 Å². The Morgan fingerprint density at radius 2 is 1.17 bits per heavy atom. The molecule has 4 aromatic heterocycles. The fraction of sp³-hybridized carbons (Fsp3) is 0. The zero-order valence-electron chi connectivity index (χ0n) is 15.4. The van der Waals surface area contributed by atoms with Crippen LogP contribution in [0.5, 0.6) is 0 Å². The number of H-pyrrole nitrogens is 2. The fourth-order valence-corrected chi connectivity index (χ4v) is 3.68. The Hall–Kier alpha value is -4.12. The van der Waals surface area contributed by atoms with Crippen molar-refractivity contribution in [2.45, 2.75) is 0 Å². The van der Waals surface area contributed by atoms with Crippen molar-refractivity contribution in [1.29, 1.82) is 0 Å². The lowest BCUT2D eigenvalue weighted by Crippen LogP contribution is -1.87. The van der Waals surface area contributed by atoms with Gasteiger partial charge in [0, 0.05) is 22.1 Å². The number of hydrogen-bond donors (Lipinski definition) is 2. The molecule has 8 bridgehead atoms. The summed E-state index contributed by atoms with van der Waals surface area (Å²) >= 11 is 0. The maximum atomic E-state index is 5.70. The average molecular weight is 376 g/mol. The number of aromatic nitrogens is 4. The van der Waals surface area contributed by atoms with Gasteiger partial charge in [-0.1, -0.05) is 0 Å². The van der Waals surface area contributed by atoms with Gasteiger partial charge in [0.2, 0.25) is 0 Å². The minimum Gasteiger partial charge on any atom is -0.464 e. The summed E-state index contributed by atoms with van der Waals surface area (Å²) in [7, 11) is 0. The molecule has 0 aromatic carbocycles. The first kappa shape index (κ1) is 15.9. The second kappa shape index (κ2) is 6.21. The SMILES string of the molecule is C1=Cc2nc1cc1ccc(cc3ccc(cc4nc(c2-c2ccco2)C=C4)[nH]3)[nH]1. The van der Waals surface area contributed by atoms with E-state index in [-0.39, 0.29) is 0 Å². The summed E-state index contributed by atoms with van der Waals surface area (Å²) in [5.41, 5.74) is 8.37. The van der Waals surface area contributed by atoms with Crippen molar-refractivity contribution in [2.75, 3.05) is 0 Å². The van der Waals surface area contributed by atoms with Gasteiger partial charge in [-0.3, -0.25) is 0 Å². The Morgan fingerprint density at radius 1 is 0.621 bits per heavy atom. The maximum absolute atomic E-state index is 5.70. The lowest BCUT2D eigenvalue weighted by atomic mass is 10.1. The van der Waals surface area contributed by atoms with E-state index in [9.17, 15) is 0 Å². The highest BCUT2D eigenvalue weighted by Crippen LogP contribution is 2.31. The van der Waals surface area contributed by atoms with Gasteiger partial charge >= 0.3 is 0 Å². The first-order valence-electron chi connectivity index (χ1n) is 9.41. The van der Waals surface area contributed by atoms with E-state index in [1.807, 2.05) is 48.6 Å². The quantitative estimate of drug-likeness (QED) is 0.374. The molecule has 0 atom stereocenters. The molecule has 5 heteroatoms. The Morgan fingerprint density at radius 3 is 1.69 bits per heavy atom. The van der Waals surface area contributed by atoms with Crippen molar-refractivity contribution < 1.29 is 4.42 Å². The third kappa shape index (κ3) is 2.89. The van der Waals surface area contributed by atoms with Crippen molar-refractivity contribution in [3.8, 4) is 11.3 Å². The van der Waals surface area contributed by atoms with Crippen LogP contribution in [0.25, 0.3) is 57.7 Å². The fourth-order valence-electron chi connectivity index (χ4n) is 3.68. The molecule has 6 heterocycles. The van der Waals surface area contributed by atoms with Crippen LogP contribution in [0.4, 0.5) is 0 Å². The van der Waals surface area contributed by atoms with Crippen molar-refractivity contribution in [2.24, 2.45) is 0 Å². The molecular formula is C24H16N4O. The van der Waals surface area contributed by atoms with E-state index >= 15 is 0 Å². The molecule has 5 nitrogen and oxygen atoms in total. The number of nitrogens with one attached hydrogen (secondary N) is 2. The smallest absolute Gasteiger partial charge is 0.138 e.